The quantitative estimate of drug-likeness (QED) is 0.201. The van der Waals surface area contributed by atoms with Gasteiger partial charge < -0.3 is 9.97 Å². The SMILES string of the molecule is CCC1=C(CC)c2nc1c(CC)c1nc(c(C(=O)NC=O)c3[nH]c(cc4ccc([nH]4)c2CC)c(CC)c3CC)C(CC)=C1CC. The van der Waals surface area contributed by atoms with Gasteiger partial charge in [0.1, 0.15) is 0 Å². The number of aromatic amines is 2. The molecule has 0 unspecified atom stereocenters. The summed E-state index contributed by atoms with van der Waals surface area (Å²) >= 11 is 0. The molecule has 0 saturated carbocycles. The van der Waals surface area contributed by atoms with Crippen molar-refractivity contribution in [2.75, 3.05) is 0 Å². The number of amides is 2. The molecular weight excluding hydrogens is 558 g/mol. The molecule has 3 N–H and O–H groups in total. The van der Waals surface area contributed by atoms with Crippen molar-refractivity contribution < 1.29 is 9.59 Å². The summed E-state index contributed by atoms with van der Waals surface area (Å²) in [7, 11) is 0. The van der Waals surface area contributed by atoms with Gasteiger partial charge in [0.2, 0.25) is 6.41 Å². The number of imide groups is 1. The molecule has 45 heavy (non-hydrogen) atoms. The Morgan fingerprint density at radius 2 is 1.13 bits per heavy atom. The Labute approximate surface area is 266 Å². The highest BCUT2D eigenvalue weighted by atomic mass is 16.2. The molecule has 3 aromatic rings. The minimum Gasteiger partial charge on any atom is -0.355 e. The van der Waals surface area contributed by atoms with E-state index in [4.69, 9.17) is 9.97 Å². The molecule has 5 heterocycles. The highest BCUT2D eigenvalue weighted by Crippen LogP contribution is 2.43. The Morgan fingerprint density at radius 3 is 1.64 bits per heavy atom. The zero-order valence-electron chi connectivity index (χ0n) is 28.2. The van der Waals surface area contributed by atoms with Crippen LogP contribution in [0, 0.1) is 0 Å². The lowest BCUT2D eigenvalue weighted by molar-refractivity contribution is -0.108. The zero-order chi connectivity index (χ0) is 32.4. The number of carbonyl (C=O) groups excluding carboxylic acids is 2. The summed E-state index contributed by atoms with van der Waals surface area (Å²) in [6.45, 7) is 17.3. The zero-order valence-corrected chi connectivity index (χ0v) is 28.2. The first-order chi connectivity index (χ1) is 21.8. The van der Waals surface area contributed by atoms with Crippen LogP contribution in [0.15, 0.2) is 18.2 Å². The van der Waals surface area contributed by atoms with Crippen LogP contribution in [0.4, 0.5) is 0 Å². The fourth-order valence-electron chi connectivity index (χ4n) is 7.50. The number of nitrogens with one attached hydrogen (secondary N) is 3. The number of hydrogen-bond donors (Lipinski definition) is 3. The fraction of sp³-hybridized carbons (Fsp3) is 0.421. The molecule has 5 rings (SSSR count). The molecule has 2 aliphatic heterocycles. The van der Waals surface area contributed by atoms with E-state index in [2.05, 4.69) is 88.9 Å². The molecule has 7 heteroatoms. The van der Waals surface area contributed by atoms with Crippen molar-refractivity contribution in [1.29, 1.82) is 0 Å². The first kappa shape index (κ1) is 32.1. The second-order valence-corrected chi connectivity index (χ2v) is 11.6. The minimum atomic E-state index is -0.448. The highest BCUT2D eigenvalue weighted by Gasteiger charge is 2.30. The van der Waals surface area contributed by atoms with E-state index in [0.29, 0.717) is 24.1 Å². The van der Waals surface area contributed by atoms with Gasteiger partial charge in [-0.3, -0.25) is 14.9 Å². The molecule has 236 valence electrons. The summed E-state index contributed by atoms with van der Waals surface area (Å²) in [5.41, 5.74) is 17.2. The molecule has 0 fully saturated rings. The van der Waals surface area contributed by atoms with Gasteiger partial charge in [-0.1, -0.05) is 55.4 Å². The van der Waals surface area contributed by atoms with Gasteiger partial charge in [-0.2, -0.15) is 0 Å². The molecule has 0 radical (unpaired) electrons. The number of fused-ring (bicyclic) bond motifs is 8. The Hall–Kier alpha value is -4.26. The maximum atomic E-state index is 13.9. The Bertz CT molecular complexity index is 1900. The minimum absolute atomic E-state index is 0.420. The van der Waals surface area contributed by atoms with Crippen LogP contribution in [-0.4, -0.2) is 32.3 Å². The monoisotopic (exact) mass is 605 g/mol. The lowest BCUT2D eigenvalue weighted by Gasteiger charge is -2.11. The molecule has 3 aromatic heterocycles. The molecule has 0 atom stereocenters. The first-order valence-corrected chi connectivity index (χ1v) is 16.8. The normalized spacial score (nSPS) is 13.2. The summed E-state index contributed by atoms with van der Waals surface area (Å²) in [5, 5.41) is 2.46. The number of aromatic nitrogens is 4. The van der Waals surface area contributed by atoms with Gasteiger partial charge in [0.15, 0.2) is 0 Å². The second kappa shape index (κ2) is 13.4. The third-order valence-corrected chi connectivity index (χ3v) is 9.49. The van der Waals surface area contributed by atoms with Crippen LogP contribution in [-0.2, 0) is 30.5 Å². The number of allylic oxidation sites excluding steroid dienone is 4. The van der Waals surface area contributed by atoms with Crippen LogP contribution in [0.5, 0.6) is 0 Å². The highest BCUT2D eigenvalue weighted by molar-refractivity contribution is 6.11. The number of nitrogens with zero attached hydrogens (tertiary/aromatic N) is 2. The van der Waals surface area contributed by atoms with Gasteiger partial charge in [0.25, 0.3) is 5.91 Å². The van der Waals surface area contributed by atoms with E-state index in [9.17, 15) is 9.59 Å². The Balaban J connectivity index is 2.16. The van der Waals surface area contributed by atoms with E-state index in [1.54, 1.807) is 0 Å². The largest absolute Gasteiger partial charge is 0.355 e. The average Bonchev–Trinajstić information content (AvgIpc) is 3.81. The van der Waals surface area contributed by atoms with Gasteiger partial charge in [-0.05, 0) is 103 Å². The van der Waals surface area contributed by atoms with E-state index in [-0.39, 0.29) is 0 Å². The van der Waals surface area contributed by atoms with Crippen molar-refractivity contribution in [1.82, 2.24) is 25.3 Å². The summed E-state index contributed by atoms with van der Waals surface area (Å²) in [5.74, 6) is -0.448. The smallest absolute Gasteiger partial charge is 0.261 e. The summed E-state index contributed by atoms with van der Waals surface area (Å²) in [6, 6.07) is 6.41. The van der Waals surface area contributed by atoms with Crippen molar-refractivity contribution in [2.45, 2.75) is 107 Å². The topological polar surface area (TPSA) is 104 Å². The lowest BCUT2D eigenvalue weighted by atomic mass is 9.91. The summed E-state index contributed by atoms with van der Waals surface area (Å²) < 4.78 is 0. The number of aryl methyl sites for hydroxylation is 3. The van der Waals surface area contributed by atoms with Crippen LogP contribution in [0.2, 0.25) is 0 Å². The van der Waals surface area contributed by atoms with E-state index in [0.717, 1.165) is 112 Å². The summed E-state index contributed by atoms with van der Waals surface area (Å²) in [6.07, 6.45) is 6.84. The molecule has 2 amide bonds. The third-order valence-electron chi connectivity index (χ3n) is 9.49. The van der Waals surface area contributed by atoms with Crippen molar-refractivity contribution in [2.24, 2.45) is 0 Å². The Kier molecular flexibility index (Phi) is 9.56. The van der Waals surface area contributed by atoms with E-state index >= 15 is 0 Å². The van der Waals surface area contributed by atoms with Crippen LogP contribution < -0.4 is 5.32 Å². The van der Waals surface area contributed by atoms with Crippen molar-refractivity contribution in [3.8, 4) is 0 Å². The molecule has 8 bridgehead atoms. The molecular formula is C38H47N5O2. The van der Waals surface area contributed by atoms with Gasteiger partial charge >= 0.3 is 0 Å². The second-order valence-electron chi connectivity index (χ2n) is 11.6. The van der Waals surface area contributed by atoms with Crippen LogP contribution in [0.25, 0.3) is 44.4 Å². The van der Waals surface area contributed by atoms with Crippen LogP contribution in [0.3, 0.4) is 0 Å². The van der Waals surface area contributed by atoms with Gasteiger partial charge in [0.05, 0.1) is 33.9 Å². The van der Waals surface area contributed by atoms with E-state index in [1.807, 2.05) is 0 Å². The number of rotatable bonds is 10. The van der Waals surface area contributed by atoms with Gasteiger partial charge in [0, 0.05) is 27.7 Å². The average molecular weight is 606 g/mol. The predicted molar refractivity (Wildman–Crippen MR) is 187 cm³/mol. The van der Waals surface area contributed by atoms with Crippen LogP contribution >= 0.6 is 0 Å². The van der Waals surface area contributed by atoms with Gasteiger partial charge in [-0.15, -0.1) is 0 Å². The first-order valence-electron chi connectivity index (χ1n) is 16.8. The maximum Gasteiger partial charge on any atom is 0.261 e. The van der Waals surface area contributed by atoms with Crippen molar-refractivity contribution in [3.63, 3.8) is 0 Å². The number of carbonyl (C=O) groups is 2. The third kappa shape index (κ3) is 5.26. The summed E-state index contributed by atoms with van der Waals surface area (Å²) in [4.78, 5) is 43.7. The number of H-pyrrole nitrogens is 2. The molecule has 0 aliphatic carbocycles. The molecule has 0 aromatic carbocycles. The fourth-order valence-corrected chi connectivity index (χ4v) is 7.50. The standard InChI is InChI=1S/C38H47N5O2/c1-9-22-23(10-2)36-32(38(45)39-20-44)37-27(14-6)26(13-5)35(43-37)29(16-8)34-25(12-4)24(11-3)33(42-34)28(15-7)30-18-17-21(40-30)19-31(22)41-36/h17-20,40-41H,9-16H2,1-8H3,(H,39,44,45). The maximum absolute atomic E-state index is 13.9. The van der Waals surface area contributed by atoms with E-state index in [1.165, 1.54) is 16.7 Å². The molecule has 7 nitrogen and oxygen atoms in total. The molecule has 0 spiro atoms. The van der Waals surface area contributed by atoms with Crippen molar-refractivity contribution in [3.05, 3.63) is 68.8 Å². The van der Waals surface area contributed by atoms with Gasteiger partial charge in [-0.25, -0.2) is 9.97 Å². The molecule has 2 aliphatic rings. The van der Waals surface area contributed by atoms with Crippen molar-refractivity contribution >= 4 is 56.7 Å². The van der Waals surface area contributed by atoms with E-state index < -0.39 is 5.91 Å². The Morgan fingerprint density at radius 1 is 0.622 bits per heavy atom. The predicted octanol–water partition coefficient (Wildman–Crippen LogP) is 8.91. The lowest BCUT2D eigenvalue weighted by Crippen LogP contribution is -2.23. The van der Waals surface area contributed by atoms with Crippen LogP contribution in [0.1, 0.15) is 136 Å². The number of hydrogen-bond acceptors (Lipinski definition) is 4. The molecule has 0 saturated heterocycles.